The van der Waals surface area contributed by atoms with Gasteiger partial charge in [0.1, 0.15) is 11.3 Å². The number of carbonyl (C=O) groups excluding carboxylic acids is 2. The quantitative estimate of drug-likeness (QED) is 0.738. The molecule has 0 heterocycles. The van der Waals surface area contributed by atoms with E-state index in [1.165, 1.54) is 31.1 Å². The second kappa shape index (κ2) is 8.29. The number of ketones is 1. The number of Topliss-reactive ketones (excluding diaryl/α,β-unsaturated/α-hetero) is 1. The van der Waals surface area contributed by atoms with Crippen LogP contribution in [0.4, 0.5) is 0 Å². The summed E-state index contributed by atoms with van der Waals surface area (Å²) in [6.07, 6.45) is 6.08. The summed E-state index contributed by atoms with van der Waals surface area (Å²) in [4.78, 5) is 24.7. The molecule has 1 aliphatic rings. The molecule has 1 fully saturated rings. The number of likely N-dealkylation sites (N-methyl/N-ethyl adjacent to an activating group) is 1. The lowest BCUT2D eigenvalue weighted by Gasteiger charge is -2.39. The minimum Gasteiger partial charge on any atom is -0.484 e. The first-order valence-corrected chi connectivity index (χ1v) is 8.74. The normalized spacial score (nSPS) is 16.7. The molecule has 5 heteroatoms. The van der Waals surface area contributed by atoms with Crippen LogP contribution in [0.2, 0.25) is 0 Å². The fraction of sp³-hybridized carbons (Fsp3) is 0.579. The number of rotatable bonds is 7. The smallest absolute Gasteiger partial charge is 0.258 e. The zero-order valence-electron chi connectivity index (χ0n) is 15.0. The topological polar surface area (TPSA) is 59.8 Å². The molecule has 0 atom stereocenters. The van der Waals surface area contributed by atoms with Crippen molar-refractivity contribution in [3.63, 3.8) is 0 Å². The van der Waals surface area contributed by atoms with Gasteiger partial charge in [0, 0.05) is 18.4 Å². The van der Waals surface area contributed by atoms with Crippen LogP contribution in [-0.4, -0.2) is 44.5 Å². The molecule has 1 saturated carbocycles. The van der Waals surface area contributed by atoms with Crippen molar-refractivity contribution in [1.29, 1.82) is 0 Å². The number of nitrogens with one attached hydrogen (secondary N) is 2. The van der Waals surface area contributed by atoms with Gasteiger partial charge in [-0.15, -0.1) is 0 Å². The zero-order chi connectivity index (χ0) is 17.6. The van der Waals surface area contributed by atoms with Crippen molar-refractivity contribution in [3.8, 4) is 5.75 Å². The Balaban J connectivity index is 1.81. The molecule has 0 spiro atoms. The summed E-state index contributed by atoms with van der Waals surface area (Å²) in [7, 11) is 4.34. The number of ether oxygens (including phenoxy) is 1. The molecule has 1 amide bonds. The standard InChI is InChI=1S/C19H28N2O3/c1-15(22)16-7-9-17(10-8-16)24-13-18(23)20-14-19(21(2)3)11-5-4-6-12-19/h7-10H,4-6,11-14H2,1-3H3,(H,20,23)/p+1. The monoisotopic (exact) mass is 333 g/mol. The minimum absolute atomic E-state index is 0.00173. The van der Waals surface area contributed by atoms with Gasteiger partial charge in [-0.3, -0.25) is 9.59 Å². The second-order valence-corrected chi connectivity index (χ2v) is 6.99. The van der Waals surface area contributed by atoms with Crippen LogP contribution in [0.1, 0.15) is 49.4 Å². The average Bonchev–Trinajstić information content (AvgIpc) is 2.59. The van der Waals surface area contributed by atoms with E-state index in [0.717, 1.165) is 12.8 Å². The molecule has 1 aromatic carbocycles. The molecule has 0 unspecified atom stereocenters. The van der Waals surface area contributed by atoms with E-state index < -0.39 is 0 Å². The molecule has 132 valence electrons. The van der Waals surface area contributed by atoms with Crippen molar-refractivity contribution in [2.75, 3.05) is 27.2 Å². The largest absolute Gasteiger partial charge is 0.484 e. The molecule has 0 aromatic heterocycles. The first kappa shape index (κ1) is 18.5. The molecule has 24 heavy (non-hydrogen) atoms. The van der Waals surface area contributed by atoms with E-state index in [0.29, 0.717) is 17.9 Å². The highest BCUT2D eigenvalue weighted by atomic mass is 16.5. The summed E-state index contributed by atoms with van der Waals surface area (Å²) >= 11 is 0. The molecule has 1 aliphatic carbocycles. The van der Waals surface area contributed by atoms with Gasteiger partial charge in [-0.2, -0.15) is 0 Å². The van der Waals surface area contributed by atoms with E-state index in [1.807, 2.05) is 0 Å². The van der Waals surface area contributed by atoms with Crippen molar-refractivity contribution < 1.29 is 19.2 Å². The summed E-state index contributed by atoms with van der Waals surface area (Å²) in [5.41, 5.74) is 0.789. The summed E-state index contributed by atoms with van der Waals surface area (Å²) in [6.45, 7) is 2.22. The third-order valence-electron chi connectivity index (χ3n) is 5.13. The van der Waals surface area contributed by atoms with Crippen LogP contribution in [0.25, 0.3) is 0 Å². The van der Waals surface area contributed by atoms with Gasteiger partial charge in [0.05, 0.1) is 20.6 Å². The molecule has 2 rings (SSSR count). The lowest BCUT2D eigenvalue weighted by molar-refractivity contribution is -0.916. The van der Waals surface area contributed by atoms with Gasteiger partial charge in [0.2, 0.25) is 0 Å². The Labute approximate surface area is 144 Å². The van der Waals surface area contributed by atoms with E-state index in [-0.39, 0.29) is 23.8 Å². The Morgan fingerprint density at radius 3 is 2.29 bits per heavy atom. The molecular formula is C19H29N2O3+. The van der Waals surface area contributed by atoms with Crippen LogP contribution >= 0.6 is 0 Å². The van der Waals surface area contributed by atoms with Gasteiger partial charge in [0.15, 0.2) is 12.4 Å². The number of carbonyl (C=O) groups is 2. The summed E-state index contributed by atoms with van der Waals surface area (Å²) < 4.78 is 5.51. The number of hydrogen-bond donors (Lipinski definition) is 2. The molecule has 0 bridgehead atoms. The Morgan fingerprint density at radius 2 is 1.75 bits per heavy atom. The first-order chi connectivity index (χ1) is 11.4. The molecule has 0 radical (unpaired) electrons. The lowest BCUT2D eigenvalue weighted by Crippen LogP contribution is -3.16. The van der Waals surface area contributed by atoms with Gasteiger partial charge in [-0.1, -0.05) is 6.42 Å². The fourth-order valence-corrected chi connectivity index (χ4v) is 3.34. The number of benzene rings is 1. The van der Waals surface area contributed by atoms with Crippen molar-refractivity contribution in [1.82, 2.24) is 5.32 Å². The summed E-state index contributed by atoms with van der Waals surface area (Å²) in [6, 6.07) is 6.86. The third kappa shape index (κ3) is 4.81. The predicted molar refractivity (Wildman–Crippen MR) is 93.6 cm³/mol. The maximum absolute atomic E-state index is 12.1. The van der Waals surface area contributed by atoms with E-state index in [9.17, 15) is 9.59 Å². The van der Waals surface area contributed by atoms with E-state index in [4.69, 9.17) is 4.74 Å². The van der Waals surface area contributed by atoms with E-state index >= 15 is 0 Å². The predicted octanol–water partition coefficient (Wildman–Crippen LogP) is 1.23. The zero-order valence-corrected chi connectivity index (χ0v) is 15.0. The third-order valence-corrected chi connectivity index (χ3v) is 5.13. The van der Waals surface area contributed by atoms with Gasteiger partial charge >= 0.3 is 0 Å². The molecule has 1 aromatic rings. The van der Waals surface area contributed by atoms with Crippen LogP contribution in [0, 0.1) is 0 Å². The summed E-state index contributed by atoms with van der Waals surface area (Å²) in [5.74, 6) is 0.515. The van der Waals surface area contributed by atoms with Crippen LogP contribution in [-0.2, 0) is 4.79 Å². The van der Waals surface area contributed by atoms with E-state index in [2.05, 4.69) is 19.4 Å². The Bertz CT molecular complexity index is 560. The van der Waals surface area contributed by atoms with Crippen LogP contribution in [0.15, 0.2) is 24.3 Å². The van der Waals surface area contributed by atoms with Crippen LogP contribution in [0.3, 0.4) is 0 Å². The number of quaternary nitrogens is 1. The van der Waals surface area contributed by atoms with Crippen molar-refractivity contribution >= 4 is 11.7 Å². The average molecular weight is 333 g/mol. The molecule has 2 N–H and O–H groups in total. The van der Waals surface area contributed by atoms with Gasteiger partial charge in [0.25, 0.3) is 5.91 Å². The Hall–Kier alpha value is -1.88. The maximum Gasteiger partial charge on any atom is 0.258 e. The van der Waals surface area contributed by atoms with Crippen molar-refractivity contribution in [3.05, 3.63) is 29.8 Å². The summed E-state index contributed by atoms with van der Waals surface area (Å²) in [5, 5.41) is 3.04. The molecule has 0 saturated heterocycles. The van der Waals surface area contributed by atoms with E-state index in [1.54, 1.807) is 24.3 Å². The van der Waals surface area contributed by atoms with Gasteiger partial charge in [-0.05, 0) is 44.0 Å². The highest BCUT2D eigenvalue weighted by Gasteiger charge is 2.38. The minimum atomic E-state index is -0.100. The Kier molecular flexibility index (Phi) is 6.37. The van der Waals surface area contributed by atoms with Crippen molar-refractivity contribution in [2.45, 2.75) is 44.6 Å². The second-order valence-electron chi connectivity index (χ2n) is 6.99. The lowest BCUT2D eigenvalue weighted by atomic mass is 9.80. The Morgan fingerprint density at radius 1 is 1.12 bits per heavy atom. The van der Waals surface area contributed by atoms with Crippen LogP contribution < -0.4 is 15.0 Å². The van der Waals surface area contributed by atoms with Gasteiger partial charge in [-0.25, -0.2) is 0 Å². The molecular weight excluding hydrogens is 304 g/mol. The maximum atomic E-state index is 12.1. The van der Waals surface area contributed by atoms with Gasteiger partial charge < -0.3 is 15.0 Å². The van der Waals surface area contributed by atoms with Crippen molar-refractivity contribution in [2.24, 2.45) is 0 Å². The fourth-order valence-electron chi connectivity index (χ4n) is 3.34. The molecule has 5 nitrogen and oxygen atoms in total. The highest BCUT2D eigenvalue weighted by molar-refractivity contribution is 5.94. The van der Waals surface area contributed by atoms with Crippen LogP contribution in [0.5, 0.6) is 5.75 Å². The SMILES string of the molecule is CC(=O)c1ccc(OCC(=O)NCC2([NH+](C)C)CCCCC2)cc1. The molecule has 0 aliphatic heterocycles. The highest BCUT2D eigenvalue weighted by Crippen LogP contribution is 2.24. The number of amides is 1. The number of hydrogen-bond acceptors (Lipinski definition) is 3. The first-order valence-electron chi connectivity index (χ1n) is 8.74.